The van der Waals surface area contributed by atoms with E-state index in [4.69, 9.17) is 121 Å². The van der Waals surface area contributed by atoms with Crippen LogP contribution in [-0.2, 0) is 0 Å². The van der Waals surface area contributed by atoms with Gasteiger partial charge in [0.15, 0.2) is 0 Å². The van der Waals surface area contributed by atoms with Crippen LogP contribution in [0.25, 0.3) is 0 Å². The highest BCUT2D eigenvalue weighted by molar-refractivity contribution is 6.41. The second kappa shape index (κ2) is 93.2. The summed E-state index contributed by atoms with van der Waals surface area (Å²) in [6.45, 7) is 1.43. The van der Waals surface area contributed by atoms with Crippen LogP contribution < -0.4 is 0 Å². The van der Waals surface area contributed by atoms with Gasteiger partial charge in [0.05, 0.1) is 32.8 Å². The van der Waals surface area contributed by atoms with Crippen LogP contribution >= 0.6 is 116 Å². The molecule has 0 aromatic heterocycles. The Morgan fingerprint density at radius 2 is 0.556 bits per heavy atom. The van der Waals surface area contributed by atoms with Crippen LogP contribution in [0, 0.1) is 11.3 Å². The van der Waals surface area contributed by atoms with Crippen LogP contribution in [0.4, 0.5) is 0 Å². The second-order valence-corrected chi connectivity index (χ2v) is 4.77. The first kappa shape index (κ1) is 37.0. The number of halogens is 10. The molecule has 0 radical (unpaired) electrons. The summed E-state index contributed by atoms with van der Waals surface area (Å²) < 4.78 is 0. The molecule has 0 aromatic rings. The molecule has 0 saturated carbocycles. The van der Waals surface area contributed by atoms with Gasteiger partial charge in [0.1, 0.15) is 0 Å². The Morgan fingerprint density at radius 1 is 0.556 bits per heavy atom. The quantitative estimate of drug-likeness (QED) is 0.337. The molecule has 1 nitrogen and oxygen atoms in total. The van der Waals surface area contributed by atoms with Crippen LogP contribution in [0.15, 0.2) is 0 Å². The van der Waals surface area contributed by atoms with Gasteiger partial charge in [0.2, 0.25) is 0 Å². The van der Waals surface area contributed by atoms with Crippen molar-refractivity contribution in [1.82, 2.24) is 0 Å². The summed E-state index contributed by atoms with van der Waals surface area (Å²) in [5.41, 5.74) is 0. The van der Waals surface area contributed by atoms with Crippen molar-refractivity contribution in [3.63, 3.8) is 0 Å². The molecule has 11 heteroatoms. The lowest BCUT2D eigenvalue weighted by Crippen LogP contribution is -1.24. The molecule has 0 amide bonds. The van der Waals surface area contributed by atoms with Gasteiger partial charge in [-0.3, -0.25) is 0 Å². The van der Waals surface area contributed by atoms with Crippen molar-refractivity contribution in [2.45, 2.75) is 6.92 Å². The molecule has 0 rings (SSSR count). The molecule has 0 aromatic carbocycles. The molecule has 116 valence electrons. The minimum absolute atomic E-state index is 0.194. The lowest BCUT2D eigenvalue weighted by atomic mass is 11.0. The van der Waals surface area contributed by atoms with Gasteiger partial charge in [-0.05, 0) is 0 Å². The maximum atomic E-state index is 7.32. The zero-order chi connectivity index (χ0) is 16.2. The summed E-state index contributed by atoms with van der Waals surface area (Å²) in [7, 11) is 0. The normalized spacial score (nSPS) is 5.44. The van der Waals surface area contributed by atoms with Gasteiger partial charge >= 0.3 is 0 Å². The third-order valence-corrected chi connectivity index (χ3v) is 0. The average Bonchev–Trinajstić information content (AvgIpc) is 2.23. The standard InChI is InChI=1S/C2H3N.5CH2Cl2/c1-2-3;5*2-1-3/h1H3;5*1H2. The molecule has 0 spiro atoms. The monoisotopic (exact) mass is 461 g/mol. The van der Waals surface area contributed by atoms with Crippen LogP contribution in [-0.4, -0.2) is 26.7 Å². The largest absolute Gasteiger partial charge is 0.199 e. The van der Waals surface area contributed by atoms with E-state index in [1.165, 1.54) is 6.92 Å². The molecular formula is C7H13Cl10N. The van der Waals surface area contributed by atoms with Crippen molar-refractivity contribution < 1.29 is 0 Å². The molecule has 18 heavy (non-hydrogen) atoms. The van der Waals surface area contributed by atoms with E-state index in [9.17, 15) is 0 Å². The Morgan fingerprint density at radius 3 is 0.556 bits per heavy atom. The predicted octanol–water partition coefficient (Wildman–Crippen LogP) is 7.64. The maximum absolute atomic E-state index is 7.32. The van der Waals surface area contributed by atoms with Gasteiger partial charge in [0.25, 0.3) is 0 Å². The Bertz CT molecular complexity index is 77.2. The molecular weight excluding hydrogens is 453 g/mol. The zero-order valence-electron chi connectivity index (χ0n) is 9.26. The molecule has 0 aliphatic rings. The van der Waals surface area contributed by atoms with E-state index >= 15 is 0 Å². The summed E-state index contributed by atoms with van der Waals surface area (Å²) in [6, 6.07) is 1.75. The molecule has 0 heterocycles. The number of rotatable bonds is 0. The SMILES string of the molecule is CC#N.ClCCl.ClCCl.ClCCl.ClCCl.ClCCl. The smallest absolute Gasteiger partial charge is 0.0967 e. The summed E-state index contributed by atoms with van der Waals surface area (Å²) in [5, 5.41) is 8.29. The Balaban J connectivity index is -0.0000000240. The first-order valence-corrected chi connectivity index (χ1v) is 8.74. The van der Waals surface area contributed by atoms with Crippen molar-refractivity contribution in [1.29, 1.82) is 5.26 Å². The molecule has 0 N–H and O–H groups in total. The van der Waals surface area contributed by atoms with Gasteiger partial charge in [-0.2, -0.15) is 5.26 Å². The van der Waals surface area contributed by atoms with Crippen LogP contribution in [0.5, 0.6) is 0 Å². The van der Waals surface area contributed by atoms with E-state index < -0.39 is 0 Å². The number of nitriles is 1. The highest BCUT2D eigenvalue weighted by atomic mass is 35.5. The topological polar surface area (TPSA) is 23.8 Å². The molecule has 0 unspecified atom stereocenters. The lowest BCUT2D eigenvalue weighted by Gasteiger charge is -1.42. The molecule has 0 atom stereocenters. The summed E-state index contributed by atoms with van der Waals surface area (Å²) in [6.07, 6.45) is 0. The van der Waals surface area contributed by atoms with Crippen molar-refractivity contribution in [2.24, 2.45) is 0 Å². The number of hydrogen-bond donors (Lipinski definition) is 0. The van der Waals surface area contributed by atoms with Gasteiger partial charge in [-0.25, -0.2) is 0 Å². The molecule has 0 aliphatic heterocycles. The second-order valence-electron chi connectivity index (χ2n) is 0.729. The van der Waals surface area contributed by atoms with E-state index in [0.29, 0.717) is 0 Å². The fraction of sp³-hybridized carbons (Fsp3) is 0.857. The third-order valence-electron chi connectivity index (χ3n) is 0. The van der Waals surface area contributed by atoms with Gasteiger partial charge in [-0.15, -0.1) is 116 Å². The van der Waals surface area contributed by atoms with Crippen LogP contribution in [0.3, 0.4) is 0 Å². The first-order chi connectivity index (χ1) is 8.49. The highest BCUT2D eigenvalue weighted by Gasteiger charge is 1.42. The fourth-order valence-corrected chi connectivity index (χ4v) is 0. The van der Waals surface area contributed by atoms with E-state index in [2.05, 4.69) is 0 Å². The van der Waals surface area contributed by atoms with E-state index in [0.717, 1.165) is 0 Å². The summed E-state index contributed by atoms with van der Waals surface area (Å²) >= 11 is 47.6. The van der Waals surface area contributed by atoms with Crippen molar-refractivity contribution in [3.05, 3.63) is 0 Å². The van der Waals surface area contributed by atoms with Crippen LogP contribution in [0.2, 0.25) is 0 Å². The fourth-order valence-electron chi connectivity index (χ4n) is 0. The Hall–Kier alpha value is 2.39. The number of alkyl halides is 10. The van der Waals surface area contributed by atoms with Crippen molar-refractivity contribution >= 4 is 116 Å². The van der Waals surface area contributed by atoms with Crippen LogP contribution in [0.1, 0.15) is 6.92 Å². The zero-order valence-corrected chi connectivity index (χ0v) is 16.8. The number of hydrogen-bond acceptors (Lipinski definition) is 1. The van der Waals surface area contributed by atoms with Gasteiger partial charge < -0.3 is 0 Å². The minimum atomic E-state index is 0.194. The molecule has 0 fully saturated rings. The van der Waals surface area contributed by atoms with Gasteiger partial charge in [0, 0.05) is 6.92 Å². The lowest BCUT2D eigenvalue weighted by molar-refractivity contribution is 1.49. The van der Waals surface area contributed by atoms with Crippen molar-refractivity contribution in [3.8, 4) is 6.07 Å². The molecule has 0 saturated heterocycles. The summed E-state index contributed by atoms with van der Waals surface area (Å²) in [5.74, 6) is 0. The van der Waals surface area contributed by atoms with E-state index in [1.807, 2.05) is 0 Å². The highest BCUT2D eigenvalue weighted by Crippen LogP contribution is 1.74. The summed E-state index contributed by atoms with van der Waals surface area (Å²) in [4.78, 5) is 0. The van der Waals surface area contributed by atoms with Crippen molar-refractivity contribution in [2.75, 3.05) is 26.7 Å². The molecule has 0 bridgehead atoms. The Labute approximate surface area is 159 Å². The van der Waals surface area contributed by atoms with E-state index in [1.54, 1.807) is 6.07 Å². The number of nitrogens with zero attached hydrogens (tertiary/aromatic N) is 1. The first-order valence-electron chi connectivity index (χ1n) is 3.40. The Kier molecular flexibility index (Phi) is 192. The van der Waals surface area contributed by atoms with E-state index in [-0.39, 0.29) is 26.7 Å². The average molecular weight is 466 g/mol. The van der Waals surface area contributed by atoms with Gasteiger partial charge in [-0.1, -0.05) is 0 Å². The minimum Gasteiger partial charge on any atom is -0.199 e. The predicted molar refractivity (Wildman–Crippen MR) is 94.2 cm³/mol. The maximum Gasteiger partial charge on any atom is 0.0967 e. The molecule has 0 aliphatic carbocycles. The third kappa shape index (κ3) is 974.